The van der Waals surface area contributed by atoms with E-state index in [1.807, 2.05) is 0 Å². The molecule has 2 N–H and O–H groups in total. The summed E-state index contributed by atoms with van der Waals surface area (Å²) in [6.45, 7) is 11.6. The molecule has 0 fully saturated rings. The SMILES string of the molecule is COc1ccc(C(=O)/C=C/c2cc(C/C=C(\C)CCC[C@H](C)CCC[C@@H](C)CCCC(C)C)c(O)cc2O)cc1. The van der Waals surface area contributed by atoms with Gasteiger partial charge in [0.15, 0.2) is 5.78 Å². The van der Waals surface area contributed by atoms with Gasteiger partial charge in [-0.1, -0.05) is 84.3 Å². The number of ketones is 1. The molecule has 0 aliphatic rings. The van der Waals surface area contributed by atoms with Crippen LogP contribution in [0, 0.1) is 17.8 Å². The Morgan fingerprint density at radius 3 is 2.05 bits per heavy atom. The van der Waals surface area contributed by atoms with Crippen molar-refractivity contribution in [3.05, 3.63) is 70.8 Å². The monoisotopic (exact) mass is 548 g/mol. The van der Waals surface area contributed by atoms with Crippen LogP contribution in [0.5, 0.6) is 17.2 Å². The fourth-order valence-corrected chi connectivity index (χ4v) is 5.05. The molecule has 0 saturated carbocycles. The molecule has 0 amide bonds. The molecular formula is C36H52O4. The maximum Gasteiger partial charge on any atom is 0.185 e. The molecule has 0 radical (unpaired) electrons. The second-order valence-electron chi connectivity index (χ2n) is 12.1. The summed E-state index contributed by atoms with van der Waals surface area (Å²) in [6.07, 6.45) is 17.3. The summed E-state index contributed by atoms with van der Waals surface area (Å²) in [6, 6.07) is 9.99. The van der Waals surface area contributed by atoms with Crippen LogP contribution in [-0.4, -0.2) is 23.1 Å². The summed E-state index contributed by atoms with van der Waals surface area (Å²) in [5, 5.41) is 20.7. The van der Waals surface area contributed by atoms with Gasteiger partial charge in [-0.05, 0) is 92.0 Å². The van der Waals surface area contributed by atoms with Crippen molar-refractivity contribution in [2.45, 2.75) is 98.8 Å². The van der Waals surface area contributed by atoms with E-state index in [1.54, 1.807) is 43.5 Å². The molecule has 0 saturated heterocycles. The number of hydrogen-bond acceptors (Lipinski definition) is 4. The molecule has 0 aliphatic carbocycles. The Kier molecular flexibility index (Phi) is 14.6. The second kappa shape index (κ2) is 17.6. The minimum atomic E-state index is -0.169. The highest BCUT2D eigenvalue weighted by Crippen LogP contribution is 2.30. The van der Waals surface area contributed by atoms with Crippen molar-refractivity contribution in [2.75, 3.05) is 7.11 Å². The molecule has 220 valence electrons. The number of benzene rings is 2. The molecule has 2 rings (SSSR count). The number of aromatic hydroxyl groups is 2. The zero-order valence-corrected chi connectivity index (χ0v) is 25.7. The average molecular weight is 549 g/mol. The Labute approximate surface area is 243 Å². The van der Waals surface area contributed by atoms with Gasteiger partial charge < -0.3 is 14.9 Å². The third-order valence-electron chi connectivity index (χ3n) is 7.83. The number of carbonyl (C=O) groups is 1. The first kappa shape index (κ1) is 33.2. The summed E-state index contributed by atoms with van der Waals surface area (Å²) in [5.41, 5.74) is 3.08. The van der Waals surface area contributed by atoms with E-state index >= 15 is 0 Å². The molecule has 4 nitrogen and oxygen atoms in total. The molecule has 0 bridgehead atoms. The van der Waals surface area contributed by atoms with E-state index in [2.05, 4.69) is 40.7 Å². The number of allylic oxidation sites excluding steroid dienone is 3. The molecule has 0 aromatic heterocycles. The number of carbonyl (C=O) groups excluding carboxylic acids is 1. The van der Waals surface area contributed by atoms with Crippen molar-refractivity contribution >= 4 is 11.9 Å². The largest absolute Gasteiger partial charge is 0.508 e. The van der Waals surface area contributed by atoms with Gasteiger partial charge in [-0.15, -0.1) is 0 Å². The van der Waals surface area contributed by atoms with Gasteiger partial charge in [0.25, 0.3) is 0 Å². The lowest BCUT2D eigenvalue weighted by Gasteiger charge is -2.15. The highest BCUT2D eigenvalue weighted by Gasteiger charge is 2.09. The predicted molar refractivity (Wildman–Crippen MR) is 168 cm³/mol. The number of ether oxygens (including phenoxy) is 1. The van der Waals surface area contributed by atoms with Crippen LogP contribution in [0.25, 0.3) is 6.08 Å². The van der Waals surface area contributed by atoms with Crippen molar-refractivity contribution < 1.29 is 19.7 Å². The van der Waals surface area contributed by atoms with Crippen LogP contribution in [0.15, 0.2) is 54.1 Å². The number of phenols is 2. The molecule has 4 heteroatoms. The fourth-order valence-electron chi connectivity index (χ4n) is 5.05. The Bertz CT molecular complexity index is 1090. The van der Waals surface area contributed by atoms with E-state index in [0.29, 0.717) is 23.3 Å². The maximum absolute atomic E-state index is 12.5. The highest BCUT2D eigenvalue weighted by atomic mass is 16.5. The molecule has 0 aliphatic heterocycles. The van der Waals surface area contributed by atoms with Crippen LogP contribution in [-0.2, 0) is 6.42 Å². The van der Waals surface area contributed by atoms with Gasteiger partial charge in [0, 0.05) is 17.2 Å². The zero-order valence-electron chi connectivity index (χ0n) is 25.7. The predicted octanol–water partition coefficient (Wildman–Crippen LogP) is 9.93. The van der Waals surface area contributed by atoms with Crippen LogP contribution in [0.1, 0.15) is 114 Å². The van der Waals surface area contributed by atoms with Gasteiger partial charge >= 0.3 is 0 Å². The molecule has 2 aromatic carbocycles. The minimum absolute atomic E-state index is 0.0559. The van der Waals surface area contributed by atoms with Gasteiger partial charge in [0.1, 0.15) is 17.2 Å². The Morgan fingerprint density at radius 1 is 0.850 bits per heavy atom. The van der Waals surface area contributed by atoms with E-state index in [4.69, 9.17) is 4.74 Å². The van der Waals surface area contributed by atoms with Gasteiger partial charge in [-0.3, -0.25) is 4.79 Å². The zero-order chi connectivity index (χ0) is 29.5. The lowest BCUT2D eigenvalue weighted by molar-refractivity contribution is 0.104. The fraction of sp³-hybridized carbons (Fsp3) is 0.528. The molecule has 0 spiro atoms. The van der Waals surface area contributed by atoms with Crippen LogP contribution in [0.3, 0.4) is 0 Å². The lowest BCUT2D eigenvalue weighted by Crippen LogP contribution is -2.00. The molecule has 0 heterocycles. The molecular weight excluding hydrogens is 496 g/mol. The van der Waals surface area contributed by atoms with E-state index in [9.17, 15) is 15.0 Å². The second-order valence-corrected chi connectivity index (χ2v) is 12.1. The van der Waals surface area contributed by atoms with Crippen molar-refractivity contribution in [1.82, 2.24) is 0 Å². The Morgan fingerprint density at radius 2 is 1.45 bits per heavy atom. The number of methoxy groups -OCH3 is 1. The first-order valence-corrected chi connectivity index (χ1v) is 15.2. The number of rotatable bonds is 18. The highest BCUT2D eigenvalue weighted by molar-refractivity contribution is 6.07. The lowest BCUT2D eigenvalue weighted by atomic mass is 9.91. The molecule has 0 unspecified atom stereocenters. The van der Waals surface area contributed by atoms with E-state index in [-0.39, 0.29) is 17.3 Å². The van der Waals surface area contributed by atoms with Gasteiger partial charge in [-0.2, -0.15) is 0 Å². The van der Waals surface area contributed by atoms with Crippen molar-refractivity contribution in [1.29, 1.82) is 0 Å². The van der Waals surface area contributed by atoms with E-state index in [1.165, 1.54) is 69.1 Å². The van der Waals surface area contributed by atoms with Crippen molar-refractivity contribution in [2.24, 2.45) is 17.8 Å². The first-order valence-electron chi connectivity index (χ1n) is 15.2. The summed E-state index contributed by atoms with van der Waals surface area (Å²) in [4.78, 5) is 12.5. The summed E-state index contributed by atoms with van der Waals surface area (Å²) >= 11 is 0. The summed E-state index contributed by atoms with van der Waals surface area (Å²) in [5.74, 6) is 2.94. The Hall–Kier alpha value is -3.01. The minimum Gasteiger partial charge on any atom is -0.508 e. The van der Waals surface area contributed by atoms with Crippen LogP contribution in [0.4, 0.5) is 0 Å². The van der Waals surface area contributed by atoms with Crippen molar-refractivity contribution in [3.63, 3.8) is 0 Å². The standard InChI is InChI=1S/C36H52O4/c1-26(2)10-7-11-27(3)12-8-13-28(4)14-9-15-29(5)16-17-31-24-32(36(39)25-35(31)38)20-23-34(37)30-18-21-33(40-6)22-19-30/h16,18-28,38-39H,7-15,17H2,1-6H3/b23-20+,29-16+/t27-,28+/m0/s1. The van der Waals surface area contributed by atoms with Gasteiger partial charge in [0.2, 0.25) is 0 Å². The van der Waals surface area contributed by atoms with Gasteiger partial charge in [0.05, 0.1) is 7.11 Å². The normalized spacial score (nSPS) is 13.6. The number of phenolic OH excluding ortho intramolecular Hbond substituents is 2. The molecule has 40 heavy (non-hydrogen) atoms. The van der Waals surface area contributed by atoms with Crippen LogP contribution < -0.4 is 4.74 Å². The van der Waals surface area contributed by atoms with Gasteiger partial charge in [-0.25, -0.2) is 0 Å². The van der Waals surface area contributed by atoms with E-state index < -0.39 is 0 Å². The number of hydrogen-bond donors (Lipinski definition) is 2. The maximum atomic E-state index is 12.5. The van der Waals surface area contributed by atoms with Crippen LogP contribution in [0.2, 0.25) is 0 Å². The topological polar surface area (TPSA) is 66.8 Å². The first-order chi connectivity index (χ1) is 19.1. The summed E-state index contributed by atoms with van der Waals surface area (Å²) < 4.78 is 5.14. The van der Waals surface area contributed by atoms with Crippen molar-refractivity contribution in [3.8, 4) is 17.2 Å². The van der Waals surface area contributed by atoms with E-state index in [0.717, 1.165) is 29.7 Å². The Balaban J connectivity index is 1.80. The summed E-state index contributed by atoms with van der Waals surface area (Å²) in [7, 11) is 1.58. The third-order valence-corrected chi connectivity index (χ3v) is 7.83. The smallest absolute Gasteiger partial charge is 0.185 e. The quantitative estimate of drug-likeness (QED) is 0.110. The van der Waals surface area contributed by atoms with Crippen LogP contribution >= 0.6 is 0 Å². The average Bonchev–Trinajstić information content (AvgIpc) is 2.91. The third kappa shape index (κ3) is 12.4. The molecule has 2 aromatic rings. The molecule has 2 atom stereocenters.